The van der Waals surface area contributed by atoms with E-state index in [-0.39, 0.29) is 12.4 Å². The van der Waals surface area contributed by atoms with Crippen LogP contribution in [-0.4, -0.2) is 30.7 Å². The molecule has 4 nitrogen and oxygen atoms in total. The van der Waals surface area contributed by atoms with E-state index in [1.165, 1.54) is 0 Å². The number of aryl methyl sites for hydroxylation is 1. The van der Waals surface area contributed by atoms with E-state index in [0.29, 0.717) is 22.9 Å². The van der Waals surface area contributed by atoms with Crippen molar-refractivity contribution in [2.24, 2.45) is 0 Å². The van der Waals surface area contributed by atoms with Crippen LogP contribution >= 0.6 is 11.6 Å². The summed E-state index contributed by atoms with van der Waals surface area (Å²) in [7, 11) is 1.70. The van der Waals surface area contributed by atoms with Gasteiger partial charge in [0.1, 0.15) is 5.75 Å². The van der Waals surface area contributed by atoms with E-state index in [1.807, 2.05) is 50.2 Å². The van der Waals surface area contributed by atoms with Crippen LogP contribution in [0.3, 0.4) is 0 Å². The predicted octanol–water partition coefficient (Wildman–Crippen LogP) is 5.21. The Morgan fingerprint density at radius 3 is 2.59 bits per heavy atom. The fraction of sp³-hybridized carbons (Fsp3) is 0.318. The topological polar surface area (TPSA) is 40.5 Å². The molecule has 0 saturated heterocycles. The van der Waals surface area contributed by atoms with Crippen LogP contribution in [0.5, 0.6) is 5.75 Å². The molecule has 2 aromatic carbocycles. The van der Waals surface area contributed by atoms with Gasteiger partial charge in [-0.15, -0.1) is 0 Å². The van der Waals surface area contributed by atoms with Crippen molar-refractivity contribution in [3.05, 3.63) is 64.4 Å². The number of aromatic nitrogens is 1. The summed E-state index contributed by atoms with van der Waals surface area (Å²) in [6, 6.07) is 13.3. The molecule has 5 heteroatoms. The van der Waals surface area contributed by atoms with Gasteiger partial charge in [-0.3, -0.25) is 4.79 Å². The quantitative estimate of drug-likeness (QED) is 0.394. The number of methoxy groups -OCH3 is 1. The zero-order valence-corrected chi connectivity index (χ0v) is 16.7. The second-order valence-corrected chi connectivity index (χ2v) is 6.99. The highest BCUT2D eigenvalue weighted by molar-refractivity contribution is 6.35. The minimum atomic E-state index is -0.0277. The Hall–Kier alpha value is -2.30. The Bertz CT molecular complexity index is 962. The SMILES string of the molecule is COCCCn1c(C)cc(C(=O)COc2ccc(Cl)c3ccccc23)c1C. The van der Waals surface area contributed by atoms with Crippen LogP contribution in [0.4, 0.5) is 0 Å². The Balaban J connectivity index is 1.75. The van der Waals surface area contributed by atoms with Crippen molar-refractivity contribution in [1.82, 2.24) is 4.57 Å². The smallest absolute Gasteiger partial charge is 0.202 e. The third-order valence-corrected chi connectivity index (χ3v) is 5.12. The Morgan fingerprint density at radius 2 is 1.85 bits per heavy atom. The molecule has 0 atom stereocenters. The van der Waals surface area contributed by atoms with E-state index in [9.17, 15) is 4.79 Å². The standard InChI is InChI=1S/C22H24ClNO3/c1-15-13-19(16(2)24(15)11-6-12-26-3)21(25)14-27-22-10-9-20(23)17-7-4-5-8-18(17)22/h4-5,7-10,13H,6,11-12,14H2,1-3H3. The molecule has 0 bridgehead atoms. The number of nitrogens with zero attached hydrogens (tertiary/aromatic N) is 1. The summed E-state index contributed by atoms with van der Waals surface area (Å²) in [4.78, 5) is 12.7. The zero-order valence-electron chi connectivity index (χ0n) is 15.9. The molecule has 1 heterocycles. The van der Waals surface area contributed by atoms with E-state index in [1.54, 1.807) is 13.2 Å². The van der Waals surface area contributed by atoms with E-state index < -0.39 is 0 Å². The number of carbonyl (C=O) groups is 1. The summed E-state index contributed by atoms with van der Waals surface area (Å²) in [5.74, 6) is 0.636. The number of rotatable bonds is 8. The average molecular weight is 386 g/mol. The van der Waals surface area contributed by atoms with E-state index in [0.717, 1.165) is 35.1 Å². The van der Waals surface area contributed by atoms with Crippen molar-refractivity contribution in [1.29, 1.82) is 0 Å². The van der Waals surface area contributed by atoms with Crippen molar-refractivity contribution in [2.45, 2.75) is 26.8 Å². The average Bonchev–Trinajstić information content (AvgIpc) is 2.96. The van der Waals surface area contributed by atoms with Gasteiger partial charge >= 0.3 is 0 Å². The van der Waals surface area contributed by atoms with Gasteiger partial charge < -0.3 is 14.0 Å². The van der Waals surface area contributed by atoms with Crippen molar-refractivity contribution in [2.75, 3.05) is 20.3 Å². The first-order chi connectivity index (χ1) is 13.0. The number of ether oxygens (including phenoxy) is 2. The third kappa shape index (κ3) is 4.18. The molecular weight excluding hydrogens is 362 g/mol. The van der Waals surface area contributed by atoms with Gasteiger partial charge in [-0.05, 0) is 38.5 Å². The van der Waals surface area contributed by atoms with Gasteiger partial charge in [-0.2, -0.15) is 0 Å². The molecule has 142 valence electrons. The number of carbonyl (C=O) groups excluding carboxylic acids is 1. The van der Waals surface area contributed by atoms with Crippen LogP contribution in [0.25, 0.3) is 10.8 Å². The number of fused-ring (bicyclic) bond motifs is 1. The first kappa shape index (κ1) is 19.5. The summed E-state index contributed by atoms with van der Waals surface area (Å²) in [5, 5.41) is 2.49. The Kier molecular flexibility index (Phi) is 6.19. The van der Waals surface area contributed by atoms with Crippen molar-refractivity contribution >= 4 is 28.2 Å². The molecule has 0 spiro atoms. The molecule has 3 rings (SSSR count). The number of Topliss-reactive ketones (excluding diaryl/α,β-unsaturated/α-hetero) is 1. The highest BCUT2D eigenvalue weighted by Gasteiger charge is 2.17. The molecule has 0 unspecified atom stereocenters. The summed E-state index contributed by atoms with van der Waals surface area (Å²) in [6.45, 7) is 5.53. The van der Waals surface area contributed by atoms with Crippen LogP contribution in [-0.2, 0) is 11.3 Å². The predicted molar refractivity (Wildman–Crippen MR) is 109 cm³/mol. The highest BCUT2D eigenvalue weighted by atomic mass is 35.5. The number of benzene rings is 2. The van der Waals surface area contributed by atoms with Gasteiger partial charge in [-0.1, -0.05) is 35.9 Å². The summed E-state index contributed by atoms with van der Waals surface area (Å²) < 4.78 is 13.1. The van der Waals surface area contributed by atoms with Crippen LogP contribution in [0.1, 0.15) is 28.2 Å². The zero-order chi connectivity index (χ0) is 19.4. The van der Waals surface area contributed by atoms with Gasteiger partial charge in [0, 0.05) is 53.0 Å². The molecule has 0 fully saturated rings. The molecule has 0 saturated carbocycles. The molecule has 0 aliphatic rings. The lowest BCUT2D eigenvalue weighted by Crippen LogP contribution is -2.13. The molecular formula is C22H24ClNO3. The third-order valence-electron chi connectivity index (χ3n) is 4.79. The van der Waals surface area contributed by atoms with E-state index >= 15 is 0 Å². The van der Waals surface area contributed by atoms with Crippen LogP contribution < -0.4 is 4.74 Å². The number of ketones is 1. The Labute approximate surface area is 164 Å². The highest BCUT2D eigenvalue weighted by Crippen LogP contribution is 2.31. The summed E-state index contributed by atoms with van der Waals surface area (Å²) in [5.41, 5.74) is 2.75. The van der Waals surface area contributed by atoms with E-state index in [2.05, 4.69) is 4.57 Å². The molecule has 1 aromatic heterocycles. The fourth-order valence-electron chi connectivity index (χ4n) is 3.38. The lowest BCUT2D eigenvalue weighted by atomic mass is 10.1. The monoisotopic (exact) mass is 385 g/mol. The van der Waals surface area contributed by atoms with Crippen LogP contribution in [0.2, 0.25) is 5.02 Å². The molecule has 0 N–H and O–H groups in total. The van der Waals surface area contributed by atoms with Crippen LogP contribution in [0, 0.1) is 13.8 Å². The van der Waals surface area contributed by atoms with Crippen molar-refractivity contribution < 1.29 is 14.3 Å². The second-order valence-electron chi connectivity index (χ2n) is 6.59. The number of halogens is 1. The molecule has 0 aliphatic heterocycles. The van der Waals surface area contributed by atoms with E-state index in [4.69, 9.17) is 21.1 Å². The molecule has 0 radical (unpaired) electrons. The van der Waals surface area contributed by atoms with Crippen molar-refractivity contribution in [3.63, 3.8) is 0 Å². The maximum atomic E-state index is 12.7. The van der Waals surface area contributed by atoms with Gasteiger partial charge in [-0.25, -0.2) is 0 Å². The maximum absolute atomic E-state index is 12.7. The maximum Gasteiger partial charge on any atom is 0.202 e. The molecule has 3 aromatic rings. The number of hydrogen-bond acceptors (Lipinski definition) is 3. The summed E-state index contributed by atoms with van der Waals surface area (Å²) >= 11 is 6.25. The first-order valence-corrected chi connectivity index (χ1v) is 9.39. The molecule has 0 amide bonds. The lowest BCUT2D eigenvalue weighted by Gasteiger charge is -2.11. The molecule has 27 heavy (non-hydrogen) atoms. The minimum absolute atomic E-state index is 0.00596. The van der Waals surface area contributed by atoms with Gasteiger partial charge in [0.25, 0.3) is 0 Å². The normalized spacial score (nSPS) is 11.1. The fourth-order valence-corrected chi connectivity index (χ4v) is 3.60. The molecule has 0 aliphatic carbocycles. The number of hydrogen-bond donors (Lipinski definition) is 0. The van der Waals surface area contributed by atoms with Gasteiger partial charge in [0.05, 0.1) is 0 Å². The second kappa shape index (κ2) is 8.59. The lowest BCUT2D eigenvalue weighted by molar-refractivity contribution is 0.0922. The Morgan fingerprint density at radius 1 is 1.11 bits per heavy atom. The van der Waals surface area contributed by atoms with Crippen LogP contribution in [0.15, 0.2) is 42.5 Å². The largest absolute Gasteiger partial charge is 0.485 e. The van der Waals surface area contributed by atoms with Gasteiger partial charge in [0.15, 0.2) is 6.61 Å². The first-order valence-electron chi connectivity index (χ1n) is 9.02. The summed E-state index contributed by atoms with van der Waals surface area (Å²) in [6.07, 6.45) is 0.910. The van der Waals surface area contributed by atoms with Crippen molar-refractivity contribution in [3.8, 4) is 5.75 Å². The minimum Gasteiger partial charge on any atom is -0.485 e. The van der Waals surface area contributed by atoms with Gasteiger partial charge in [0.2, 0.25) is 5.78 Å².